The van der Waals surface area contributed by atoms with E-state index in [1.807, 2.05) is 48.1 Å². The number of hydrogen-bond acceptors (Lipinski definition) is 2. The maximum absolute atomic E-state index is 12.6. The van der Waals surface area contributed by atoms with Crippen LogP contribution in [0.4, 0.5) is 13.2 Å². The highest BCUT2D eigenvalue weighted by Crippen LogP contribution is 2.32. The molecule has 0 unspecified atom stereocenters. The van der Waals surface area contributed by atoms with Gasteiger partial charge in [-0.2, -0.15) is 13.2 Å². The zero-order chi connectivity index (χ0) is 16.9. The van der Waals surface area contributed by atoms with Crippen LogP contribution >= 0.6 is 23.0 Å². The molecule has 2 aromatic carbocycles. The third-order valence-corrected chi connectivity index (χ3v) is 3.60. The van der Waals surface area contributed by atoms with Gasteiger partial charge in [0.1, 0.15) is 28.8 Å². The van der Waals surface area contributed by atoms with Crippen LogP contribution < -0.4 is 4.74 Å². The number of ether oxygens (including phenoxy) is 1. The summed E-state index contributed by atoms with van der Waals surface area (Å²) in [5.74, 6) is 0.695. The Kier molecular flexibility index (Phi) is 6.29. The van der Waals surface area contributed by atoms with E-state index in [4.69, 9.17) is 7.80 Å². The van der Waals surface area contributed by atoms with Gasteiger partial charge in [-0.15, -0.1) is 0 Å². The van der Waals surface area contributed by atoms with Crippen LogP contribution in [-0.2, 0) is 15.8 Å². The van der Waals surface area contributed by atoms with E-state index in [0.29, 0.717) is 24.5 Å². The highest BCUT2D eigenvalue weighted by atomic mass is 127. The molecule has 0 saturated heterocycles. The maximum atomic E-state index is 12.6. The van der Waals surface area contributed by atoms with E-state index in [9.17, 15) is 13.2 Å². The molecule has 0 N–H and O–H groups in total. The molecule has 0 saturated carbocycles. The second-order valence-electron chi connectivity index (χ2n) is 5.00. The minimum atomic E-state index is -4.32. The Bertz CT molecular complexity index is 639. The smallest absolute Gasteiger partial charge is 0.416 e. The lowest BCUT2D eigenvalue weighted by Crippen LogP contribution is -2.04. The lowest BCUT2D eigenvalue weighted by Gasteiger charge is -2.13. The lowest BCUT2D eigenvalue weighted by molar-refractivity contribution is -0.137. The number of hydrogen-bond donors (Lipinski definition) is 0. The van der Waals surface area contributed by atoms with Crippen molar-refractivity contribution in [2.75, 3.05) is 6.61 Å². The number of rotatable bonds is 6. The summed E-state index contributed by atoms with van der Waals surface area (Å²) >= 11 is 1.81. The van der Waals surface area contributed by atoms with E-state index in [1.165, 1.54) is 12.1 Å². The molecule has 2 nitrogen and oxygen atoms in total. The molecule has 0 aliphatic heterocycles. The molecule has 0 atom stereocenters. The number of benzene rings is 2. The van der Waals surface area contributed by atoms with Crippen molar-refractivity contribution in [3.05, 3.63) is 53.6 Å². The standard InChI is InChI=1S/C17H16F3IO2/c1-2-9-22-16-10-13(3-4-14(16)11-23-21)12-5-7-15(8-6-12)17(18,19)20/h3-8,10H,2,9,11H2,1H3. The average Bonchev–Trinajstić information content (AvgIpc) is 2.53. The van der Waals surface area contributed by atoms with Crippen LogP contribution in [0.25, 0.3) is 11.1 Å². The van der Waals surface area contributed by atoms with E-state index in [0.717, 1.165) is 29.7 Å². The normalized spacial score (nSPS) is 11.5. The second-order valence-corrected chi connectivity index (χ2v) is 5.62. The molecule has 0 spiro atoms. The fraction of sp³-hybridized carbons (Fsp3) is 0.294. The van der Waals surface area contributed by atoms with Crippen LogP contribution in [0.15, 0.2) is 42.5 Å². The van der Waals surface area contributed by atoms with Crippen LogP contribution in [0.2, 0.25) is 0 Å². The topological polar surface area (TPSA) is 18.5 Å². The SMILES string of the molecule is CCCOc1cc(-c2ccc(C(F)(F)F)cc2)ccc1COI. The lowest BCUT2D eigenvalue weighted by atomic mass is 10.0. The first-order valence-electron chi connectivity index (χ1n) is 7.12. The van der Waals surface area contributed by atoms with E-state index < -0.39 is 11.7 Å². The van der Waals surface area contributed by atoms with Crippen molar-refractivity contribution in [2.45, 2.75) is 26.1 Å². The highest BCUT2D eigenvalue weighted by Gasteiger charge is 2.29. The molecule has 0 aliphatic rings. The number of alkyl halides is 3. The van der Waals surface area contributed by atoms with Crippen LogP contribution in [0.5, 0.6) is 5.75 Å². The molecule has 0 heterocycles. The molecular weight excluding hydrogens is 420 g/mol. The van der Waals surface area contributed by atoms with Crippen molar-refractivity contribution >= 4 is 23.0 Å². The van der Waals surface area contributed by atoms with Gasteiger partial charge < -0.3 is 7.80 Å². The van der Waals surface area contributed by atoms with Crippen molar-refractivity contribution in [1.29, 1.82) is 0 Å². The van der Waals surface area contributed by atoms with E-state index in [1.54, 1.807) is 0 Å². The van der Waals surface area contributed by atoms with Crippen molar-refractivity contribution in [3.8, 4) is 16.9 Å². The average molecular weight is 436 g/mol. The fourth-order valence-electron chi connectivity index (χ4n) is 2.11. The summed E-state index contributed by atoms with van der Waals surface area (Å²) in [5.41, 5.74) is 1.77. The third-order valence-electron chi connectivity index (χ3n) is 3.28. The maximum Gasteiger partial charge on any atom is 0.416 e. The van der Waals surface area contributed by atoms with Crippen molar-refractivity contribution in [3.63, 3.8) is 0 Å². The summed E-state index contributed by atoms with van der Waals surface area (Å²) in [7, 11) is 0. The van der Waals surface area contributed by atoms with Gasteiger partial charge in [-0.3, -0.25) is 0 Å². The quantitative estimate of drug-likeness (QED) is 0.515. The highest BCUT2D eigenvalue weighted by molar-refractivity contribution is 14.1. The fourth-order valence-corrected chi connectivity index (χ4v) is 2.45. The van der Waals surface area contributed by atoms with Gasteiger partial charge in [0.2, 0.25) is 0 Å². The van der Waals surface area contributed by atoms with Gasteiger partial charge in [-0.05, 0) is 35.7 Å². The van der Waals surface area contributed by atoms with Gasteiger partial charge in [0.05, 0.1) is 18.8 Å². The molecule has 6 heteroatoms. The second kappa shape index (κ2) is 8.01. The van der Waals surface area contributed by atoms with Crippen LogP contribution in [0, 0.1) is 0 Å². The zero-order valence-electron chi connectivity index (χ0n) is 12.5. The molecule has 23 heavy (non-hydrogen) atoms. The zero-order valence-corrected chi connectivity index (χ0v) is 14.6. The largest absolute Gasteiger partial charge is 0.493 e. The van der Waals surface area contributed by atoms with Gasteiger partial charge in [0.25, 0.3) is 0 Å². The Morgan fingerprint density at radius 1 is 1.00 bits per heavy atom. The molecule has 0 radical (unpaired) electrons. The molecule has 0 aromatic heterocycles. The molecule has 0 bridgehead atoms. The Hall–Kier alpha value is -1.28. The van der Waals surface area contributed by atoms with Gasteiger partial charge in [0.15, 0.2) is 0 Å². The Balaban J connectivity index is 2.31. The van der Waals surface area contributed by atoms with Gasteiger partial charge >= 0.3 is 6.18 Å². The summed E-state index contributed by atoms with van der Waals surface area (Å²) in [6.45, 7) is 2.99. The Morgan fingerprint density at radius 3 is 2.22 bits per heavy atom. The summed E-state index contributed by atoms with van der Waals surface area (Å²) in [4.78, 5) is 0. The third kappa shape index (κ3) is 4.84. The number of halogens is 4. The van der Waals surface area contributed by atoms with E-state index in [2.05, 4.69) is 0 Å². The Morgan fingerprint density at radius 2 is 1.65 bits per heavy atom. The molecule has 2 rings (SSSR count). The minimum absolute atomic E-state index is 0.410. The van der Waals surface area contributed by atoms with E-state index >= 15 is 0 Å². The van der Waals surface area contributed by atoms with Crippen LogP contribution in [0.3, 0.4) is 0 Å². The molecule has 0 amide bonds. The van der Waals surface area contributed by atoms with E-state index in [-0.39, 0.29) is 0 Å². The first-order valence-corrected chi connectivity index (χ1v) is 8.00. The monoisotopic (exact) mass is 436 g/mol. The first kappa shape index (κ1) is 18.1. The summed E-state index contributed by atoms with van der Waals surface area (Å²) < 4.78 is 48.7. The first-order chi connectivity index (χ1) is 11.0. The summed E-state index contributed by atoms with van der Waals surface area (Å²) in [6.07, 6.45) is -3.45. The van der Waals surface area contributed by atoms with Crippen molar-refractivity contribution in [1.82, 2.24) is 0 Å². The van der Waals surface area contributed by atoms with Crippen molar-refractivity contribution in [2.24, 2.45) is 0 Å². The molecule has 0 aliphatic carbocycles. The predicted molar refractivity (Wildman–Crippen MR) is 91.5 cm³/mol. The molecule has 2 aromatic rings. The van der Waals surface area contributed by atoms with Gasteiger partial charge in [-0.25, -0.2) is 0 Å². The summed E-state index contributed by atoms with van der Waals surface area (Å²) in [6, 6.07) is 10.7. The van der Waals surface area contributed by atoms with Gasteiger partial charge in [0, 0.05) is 5.56 Å². The molecule has 124 valence electrons. The van der Waals surface area contributed by atoms with Gasteiger partial charge in [-0.1, -0.05) is 31.2 Å². The molecule has 0 fully saturated rings. The Labute approximate surface area is 147 Å². The van der Waals surface area contributed by atoms with Crippen LogP contribution in [-0.4, -0.2) is 6.61 Å². The van der Waals surface area contributed by atoms with Crippen LogP contribution in [0.1, 0.15) is 24.5 Å². The minimum Gasteiger partial charge on any atom is -0.493 e. The predicted octanol–water partition coefficient (Wildman–Crippen LogP) is 6.03. The van der Waals surface area contributed by atoms with Crippen molar-refractivity contribution < 1.29 is 21.0 Å². The molecular formula is C17H16F3IO2. The summed E-state index contributed by atoms with van der Waals surface area (Å²) in [5, 5.41) is 0.